The van der Waals surface area contributed by atoms with Gasteiger partial charge in [0.05, 0.1) is 34.4 Å². The van der Waals surface area contributed by atoms with E-state index in [1.54, 1.807) is 62.4 Å². The zero-order valence-electron chi connectivity index (χ0n) is 19.7. The summed E-state index contributed by atoms with van der Waals surface area (Å²) in [5, 5.41) is 11.0. The van der Waals surface area contributed by atoms with E-state index in [9.17, 15) is 19.5 Å². The lowest BCUT2D eigenvalue weighted by molar-refractivity contribution is -0.255. The van der Waals surface area contributed by atoms with Crippen LogP contribution < -0.4 is 24.7 Å². The van der Waals surface area contributed by atoms with E-state index in [1.807, 2.05) is 0 Å². The van der Waals surface area contributed by atoms with Crippen LogP contribution in [-0.2, 0) is 9.53 Å². The molecule has 0 saturated carbocycles. The van der Waals surface area contributed by atoms with Gasteiger partial charge in [0.15, 0.2) is 4.80 Å². The Morgan fingerprint density at radius 2 is 1.86 bits per heavy atom. The van der Waals surface area contributed by atoms with E-state index < -0.39 is 18.0 Å². The molecule has 0 fully saturated rings. The quantitative estimate of drug-likeness (QED) is 0.342. The third-order valence-corrected chi connectivity index (χ3v) is 6.51. The number of hydrogen-bond donors (Lipinski definition) is 0. The van der Waals surface area contributed by atoms with Gasteiger partial charge in [-0.1, -0.05) is 60.4 Å². The first-order valence-electron chi connectivity index (χ1n) is 11.2. The van der Waals surface area contributed by atoms with Crippen molar-refractivity contribution in [1.29, 1.82) is 0 Å². The average molecular weight is 504 g/mol. The van der Waals surface area contributed by atoms with Crippen LogP contribution in [0.2, 0.25) is 0 Å². The molecule has 0 aliphatic carbocycles. The predicted octanol–water partition coefficient (Wildman–Crippen LogP) is 1.73. The molecule has 1 atom stereocenters. The number of esters is 1. The average Bonchev–Trinajstić information content (AvgIpc) is 3.16. The maximum atomic E-state index is 13.6. The first-order valence-corrected chi connectivity index (χ1v) is 12.0. The molecule has 0 N–H and O–H groups in total. The lowest BCUT2D eigenvalue weighted by Gasteiger charge is -2.24. The number of allylic oxidation sites excluding steroid dienone is 1. The molecule has 36 heavy (non-hydrogen) atoms. The van der Waals surface area contributed by atoms with Crippen molar-refractivity contribution < 1.29 is 24.2 Å². The maximum absolute atomic E-state index is 13.6. The topological polar surface area (TPSA) is 110 Å². The number of aromatic carboxylic acids is 1. The number of carbonyl (C=O) groups is 2. The Morgan fingerprint density at radius 1 is 1.17 bits per heavy atom. The molecule has 2 aromatic carbocycles. The van der Waals surface area contributed by atoms with Crippen molar-refractivity contribution in [3.63, 3.8) is 0 Å². The van der Waals surface area contributed by atoms with Gasteiger partial charge in [-0.15, -0.1) is 0 Å². The number of aromatic nitrogens is 1. The van der Waals surface area contributed by atoms with E-state index in [1.165, 1.54) is 28.0 Å². The Bertz CT molecular complexity index is 1530. The first kappa shape index (κ1) is 24.9. The Labute approximate surface area is 210 Å². The summed E-state index contributed by atoms with van der Waals surface area (Å²) in [6.45, 7) is 7.61. The van der Waals surface area contributed by atoms with Crippen molar-refractivity contribution in [3.8, 4) is 5.75 Å². The highest BCUT2D eigenvalue weighted by Crippen LogP contribution is 2.31. The van der Waals surface area contributed by atoms with Gasteiger partial charge in [-0.3, -0.25) is 9.36 Å². The zero-order chi connectivity index (χ0) is 25.8. The molecule has 0 spiro atoms. The van der Waals surface area contributed by atoms with E-state index >= 15 is 0 Å². The minimum atomic E-state index is -1.27. The number of rotatable bonds is 8. The third kappa shape index (κ3) is 4.92. The minimum Gasteiger partial charge on any atom is -0.545 e. The summed E-state index contributed by atoms with van der Waals surface area (Å²) in [7, 11) is 0. The van der Waals surface area contributed by atoms with Crippen LogP contribution in [0.1, 0.15) is 41.4 Å². The number of nitrogens with zero attached hydrogens (tertiary/aromatic N) is 2. The Kier molecular flexibility index (Phi) is 7.30. The van der Waals surface area contributed by atoms with Crippen LogP contribution in [0.4, 0.5) is 0 Å². The zero-order valence-corrected chi connectivity index (χ0v) is 20.5. The molecule has 0 radical (unpaired) electrons. The summed E-state index contributed by atoms with van der Waals surface area (Å²) < 4.78 is 12.8. The van der Waals surface area contributed by atoms with Gasteiger partial charge in [-0.2, -0.15) is 0 Å². The van der Waals surface area contributed by atoms with Gasteiger partial charge in [0, 0.05) is 0 Å². The number of thiazole rings is 1. The molecule has 0 amide bonds. The van der Waals surface area contributed by atoms with Crippen LogP contribution in [0.3, 0.4) is 0 Å². The molecule has 8 nitrogen and oxygen atoms in total. The number of ether oxygens (including phenoxy) is 2. The molecule has 1 aliphatic heterocycles. The normalized spacial score (nSPS) is 15.2. The molecule has 0 bridgehead atoms. The smallest absolute Gasteiger partial charge is 0.338 e. The molecule has 0 unspecified atom stereocenters. The lowest BCUT2D eigenvalue weighted by atomic mass is 9.96. The van der Waals surface area contributed by atoms with Crippen LogP contribution in [0, 0.1) is 0 Å². The lowest BCUT2D eigenvalue weighted by Crippen LogP contribution is -2.39. The molecule has 2 heterocycles. The standard InChI is InChI=1S/C27H24N2O6S/c1-4-14-35-20-12-10-18(11-13-20)23-22(26(33)34-5-2)16(3)28-27-29(23)24(30)21(36-27)15-17-6-8-19(9-7-17)25(31)32/h4,6-13,15,23H,1,5,14H2,2-3H3,(H,31,32)/p-1/t23-/m1/s1. The molecular weight excluding hydrogens is 480 g/mol. The highest BCUT2D eigenvalue weighted by molar-refractivity contribution is 7.07. The van der Waals surface area contributed by atoms with E-state index in [4.69, 9.17) is 9.47 Å². The monoisotopic (exact) mass is 503 g/mol. The fourth-order valence-electron chi connectivity index (χ4n) is 3.88. The first-order chi connectivity index (χ1) is 17.3. The molecule has 0 saturated heterocycles. The number of carboxylic acid groups (broad SMARTS) is 1. The highest BCUT2D eigenvalue weighted by atomic mass is 32.1. The van der Waals surface area contributed by atoms with E-state index in [2.05, 4.69) is 11.6 Å². The SMILES string of the molecule is C=CCOc1ccc([C@@H]2C(C(=O)OCC)=C(C)N=c3sc(=Cc4ccc(C(=O)[O-])cc4)c(=O)n32)cc1. The number of hydrogen-bond acceptors (Lipinski definition) is 8. The molecule has 3 aromatic rings. The van der Waals surface area contributed by atoms with Gasteiger partial charge in [0.25, 0.3) is 5.56 Å². The van der Waals surface area contributed by atoms with Gasteiger partial charge in [-0.05, 0) is 48.7 Å². The van der Waals surface area contributed by atoms with Crippen molar-refractivity contribution in [3.05, 3.63) is 109 Å². The fourth-order valence-corrected chi connectivity index (χ4v) is 4.92. The molecule has 1 aromatic heterocycles. The van der Waals surface area contributed by atoms with Crippen LogP contribution in [0.15, 0.2) is 82.2 Å². The van der Waals surface area contributed by atoms with Crippen molar-refractivity contribution in [2.45, 2.75) is 19.9 Å². The molecule has 9 heteroatoms. The number of fused-ring (bicyclic) bond motifs is 1. The second-order valence-electron chi connectivity index (χ2n) is 7.88. The maximum Gasteiger partial charge on any atom is 0.338 e. The fraction of sp³-hybridized carbons (Fsp3) is 0.185. The predicted molar refractivity (Wildman–Crippen MR) is 133 cm³/mol. The second-order valence-corrected chi connectivity index (χ2v) is 8.89. The van der Waals surface area contributed by atoms with Gasteiger partial charge >= 0.3 is 5.97 Å². The Balaban J connectivity index is 1.85. The van der Waals surface area contributed by atoms with Crippen molar-refractivity contribution in [1.82, 2.24) is 4.57 Å². The number of carbonyl (C=O) groups excluding carboxylic acids is 2. The van der Waals surface area contributed by atoms with Crippen LogP contribution in [0.25, 0.3) is 6.08 Å². The van der Waals surface area contributed by atoms with E-state index in [0.717, 1.165) is 0 Å². The summed E-state index contributed by atoms with van der Waals surface area (Å²) in [4.78, 5) is 42.6. The van der Waals surface area contributed by atoms with Gasteiger partial charge in [0.2, 0.25) is 0 Å². The largest absolute Gasteiger partial charge is 0.545 e. The van der Waals surface area contributed by atoms with Gasteiger partial charge in [-0.25, -0.2) is 9.79 Å². The summed E-state index contributed by atoms with van der Waals surface area (Å²) in [5.74, 6) is -1.18. The second kappa shape index (κ2) is 10.6. The minimum absolute atomic E-state index is 0.0452. The summed E-state index contributed by atoms with van der Waals surface area (Å²) in [5.41, 5.74) is 1.82. The van der Waals surface area contributed by atoms with Crippen molar-refractivity contribution >= 4 is 29.4 Å². The third-order valence-electron chi connectivity index (χ3n) is 5.52. The van der Waals surface area contributed by atoms with Gasteiger partial charge < -0.3 is 19.4 Å². The molecular formula is C27H23N2O6S-. The summed E-state index contributed by atoms with van der Waals surface area (Å²) in [6, 6.07) is 12.4. The summed E-state index contributed by atoms with van der Waals surface area (Å²) >= 11 is 1.19. The van der Waals surface area contributed by atoms with Crippen LogP contribution >= 0.6 is 11.3 Å². The van der Waals surface area contributed by atoms with E-state index in [0.29, 0.717) is 38.5 Å². The Morgan fingerprint density at radius 3 is 2.47 bits per heavy atom. The number of carboxylic acids is 1. The van der Waals surface area contributed by atoms with Crippen LogP contribution in [0.5, 0.6) is 5.75 Å². The molecule has 184 valence electrons. The van der Waals surface area contributed by atoms with Gasteiger partial charge in [0.1, 0.15) is 12.4 Å². The van der Waals surface area contributed by atoms with Crippen molar-refractivity contribution in [2.24, 2.45) is 4.99 Å². The molecule has 4 rings (SSSR count). The number of benzene rings is 2. The summed E-state index contributed by atoms with van der Waals surface area (Å²) in [6.07, 6.45) is 3.30. The highest BCUT2D eigenvalue weighted by Gasteiger charge is 2.33. The Hall–Kier alpha value is -4.24. The van der Waals surface area contributed by atoms with Crippen LogP contribution in [-0.4, -0.2) is 29.7 Å². The van der Waals surface area contributed by atoms with E-state index in [-0.39, 0.29) is 23.3 Å². The molecule has 1 aliphatic rings. The van der Waals surface area contributed by atoms with Crippen molar-refractivity contribution in [2.75, 3.05) is 13.2 Å².